The fourth-order valence-corrected chi connectivity index (χ4v) is 3.67. The van der Waals surface area contributed by atoms with E-state index in [2.05, 4.69) is 15.5 Å². The lowest BCUT2D eigenvalue weighted by Gasteiger charge is -2.19. The maximum atomic E-state index is 12.7. The molecule has 7 nitrogen and oxygen atoms in total. The van der Waals surface area contributed by atoms with E-state index in [9.17, 15) is 4.79 Å². The van der Waals surface area contributed by atoms with E-state index < -0.39 is 0 Å². The van der Waals surface area contributed by atoms with Crippen LogP contribution in [0.2, 0.25) is 0 Å². The number of para-hydroxylation sites is 1. The lowest BCUT2D eigenvalue weighted by atomic mass is 10.0. The number of nitrogens with one attached hydrogen (secondary N) is 1. The smallest absolute Gasteiger partial charge is 0.226 e. The zero-order valence-electron chi connectivity index (χ0n) is 15.3. The summed E-state index contributed by atoms with van der Waals surface area (Å²) >= 11 is 0. The number of amides is 1. The maximum absolute atomic E-state index is 12.7. The molecule has 0 bridgehead atoms. The number of aromatic nitrogens is 4. The van der Waals surface area contributed by atoms with E-state index in [-0.39, 0.29) is 24.5 Å². The molecule has 0 aliphatic carbocycles. The Morgan fingerprint density at radius 2 is 2.12 bits per heavy atom. The van der Waals surface area contributed by atoms with Gasteiger partial charge in [-0.3, -0.25) is 14.2 Å². The molecule has 26 heavy (non-hydrogen) atoms. The fourth-order valence-electron chi connectivity index (χ4n) is 3.67. The van der Waals surface area contributed by atoms with Crippen molar-refractivity contribution in [3.8, 4) is 0 Å². The predicted molar refractivity (Wildman–Crippen MR) is 97.6 cm³/mol. The van der Waals surface area contributed by atoms with Gasteiger partial charge in [0, 0.05) is 37.3 Å². The Morgan fingerprint density at radius 3 is 2.88 bits per heavy atom. The van der Waals surface area contributed by atoms with Crippen LogP contribution in [0.5, 0.6) is 0 Å². The van der Waals surface area contributed by atoms with E-state index in [1.807, 2.05) is 60.8 Å². The summed E-state index contributed by atoms with van der Waals surface area (Å²) in [5.74, 6) is -0.0316. The number of hydrogen-bond acceptors (Lipinski definition) is 4. The van der Waals surface area contributed by atoms with Gasteiger partial charge < -0.3 is 10.1 Å². The minimum absolute atomic E-state index is 0.0316. The standard InChI is InChI=1S/C19H23N5O2/c1-12-14(11-20-23(12)2)19-15(8-9-26-19)21-18(25)10-16-13-6-4-5-7-17(13)24(3)22-16/h4-7,11,15,19H,8-10H2,1-3H3,(H,21,25)/t15-,19+/m0/s1. The Morgan fingerprint density at radius 1 is 1.31 bits per heavy atom. The van der Waals surface area contributed by atoms with E-state index in [1.54, 1.807) is 0 Å². The van der Waals surface area contributed by atoms with E-state index in [1.165, 1.54) is 0 Å². The Hall–Kier alpha value is -2.67. The van der Waals surface area contributed by atoms with E-state index in [0.717, 1.165) is 34.3 Å². The van der Waals surface area contributed by atoms with Gasteiger partial charge in [0.15, 0.2) is 0 Å². The number of rotatable bonds is 4. The molecule has 1 aliphatic rings. The zero-order valence-corrected chi connectivity index (χ0v) is 15.3. The zero-order chi connectivity index (χ0) is 18.3. The Labute approximate surface area is 151 Å². The van der Waals surface area contributed by atoms with Gasteiger partial charge in [0.2, 0.25) is 5.91 Å². The number of aryl methyl sites for hydroxylation is 2. The van der Waals surface area contributed by atoms with Crippen LogP contribution in [0, 0.1) is 6.92 Å². The van der Waals surface area contributed by atoms with E-state index in [0.29, 0.717) is 6.61 Å². The monoisotopic (exact) mass is 353 g/mol. The lowest BCUT2D eigenvalue weighted by molar-refractivity contribution is -0.121. The molecule has 0 unspecified atom stereocenters. The van der Waals surface area contributed by atoms with Crippen LogP contribution in [-0.2, 0) is 30.0 Å². The molecule has 2 aromatic heterocycles. The molecule has 7 heteroatoms. The molecule has 4 rings (SSSR count). The normalized spacial score (nSPS) is 20.0. The molecule has 3 heterocycles. The van der Waals surface area contributed by atoms with Gasteiger partial charge in [-0.25, -0.2) is 0 Å². The van der Waals surface area contributed by atoms with Crippen molar-refractivity contribution in [3.05, 3.63) is 47.4 Å². The molecule has 0 radical (unpaired) electrons. The van der Waals surface area contributed by atoms with Crippen LogP contribution < -0.4 is 5.32 Å². The highest BCUT2D eigenvalue weighted by atomic mass is 16.5. The van der Waals surface area contributed by atoms with Crippen molar-refractivity contribution >= 4 is 16.8 Å². The van der Waals surface area contributed by atoms with Crippen molar-refractivity contribution in [1.29, 1.82) is 0 Å². The van der Waals surface area contributed by atoms with Crippen molar-refractivity contribution in [1.82, 2.24) is 24.9 Å². The number of nitrogens with zero attached hydrogens (tertiary/aromatic N) is 4. The van der Waals surface area contributed by atoms with Gasteiger partial charge in [0.25, 0.3) is 0 Å². The Kier molecular flexibility index (Phi) is 4.24. The summed E-state index contributed by atoms with van der Waals surface area (Å²) in [6, 6.07) is 7.92. The second kappa shape index (κ2) is 6.57. The van der Waals surface area contributed by atoms with Crippen molar-refractivity contribution in [2.45, 2.75) is 31.9 Å². The summed E-state index contributed by atoms with van der Waals surface area (Å²) in [4.78, 5) is 12.7. The number of carbonyl (C=O) groups excluding carboxylic acids is 1. The highest BCUT2D eigenvalue weighted by Gasteiger charge is 2.33. The van der Waals surface area contributed by atoms with Gasteiger partial charge in [-0.15, -0.1) is 0 Å². The Bertz CT molecular complexity index is 958. The minimum atomic E-state index is -0.145. The molecule has 0 spiro atoms. The molecular weight excluding hydrogens is 330 g/mol. The summed E-state index contributed by atoms with van der Waals surface area (Å²) in [5.41, 5.74) is 3.93. The lowest BCUT2D eigenvalue weighted by Crippen LogP contribution is -2.38. The van der Waals surface area contributed by atoms with Crippen LogP contribution in [0.15, 0.2) is 30.5 Å². The largest absolute Gasteiger partial charge is 0.371 e. The molecule has 136 valence electrons. The summed E-state index contributed by atoms with van der Waals surface area (Å²) < 4.78 is 9.53. The molecule has 1 amide bonds. The second-order valence-electron chi connectivity index (χ2n) is 6.83. The Balaban J connectivity index is 1.49. The molecule has 2 atom stereocenters. The quantitative estimate of drug-likeness (QED) is 0.776. The van der Waals surface area contributed by atoms with Gasteiger partial charge in [-0.2, -0.15) is 10.2 Å². The van der Waals surface area contributed by atoms with Gasteiger partial charge in [-0.1, -0.05) is 18.2 Å². The van der Waals surface area contributed by atoms with E-state index in [4.69, 9.17) is 4.74 Å². The first-order valence-electron chi connectivity index (χ1n) is 8.84. The highest BCUT2D eigenvalue weighted by Crippen LogP contribution is 2.31. The predicted octanol–water partition coefficient (Wildman–Crippen LogP) is 1.80. The van der Waals surface area contributed by atoms with Crippen LogP contribution in [0.25, 0.3) is 10.9 Å². The van der Waals surface area contributed by atoms with Crippen LogP contribution >= 0.6 is 0 Å². The number of carbonyl (C=O) groups is 1. The van der Waals surface area contributed by atoms with Crippen molar-refractivity contribution in [2.24, 2.45) is 14.1 Å². The number of hydrogen-bond donors (Lipinski definition) is 1. The van der Waals surface area contributed by atoms with Crippen LogP contribution in [0.3, 0.4) is 0 Å². The van der Waals surface area contributed by atoms with Crippen molar-refractivity contribution in [2.75, 3.05) is 6.61 Å². The van der Waals surface area contributed by atoms with Crippen LogP contribution in [0.4, 0.5) is 0 Å². The first-order chi connectivity index (χ1) is 12.5. The number of fused-ring (bicyclic) bond motifs is 1. The van der Waals surface area contributed by atoms with Crippen LogP contribution in [-0.4, -0.2) is 38.1 Å². The summed E-state index contributed by atoms with van der Waals surface area (Å²) in [6.07, 6.45) is 2.74. The van der Waals surface area contributed by atoms with Gasteiger partial charge in [0.05, 0.1) is 29.9 Å². The molecule has 1 saturated heterocycles. The van der Waals surface area contributed by atoms with E-state index >= 15 is 0 Å². The van der Waals surface area contributed by atoms with Gasteiger partial charge in [0.1, 0.15) is 6.10 Å². The third kappa shape index (κ3) is 2.88. The van der Waals surface area contributed by atoms with Gasteiger partial charge >= 0.3 is 0 Å². The number of ether oxygens (including phenoxy) is 1. The molecule has 1 fully saturated rings. The second-order valence-corrected chi connectivity index (χ2v) is 6.83. The molecule has 0 saturated carbocycles. The fraction of sp³-hybridized carbons (Fsp3) is 0.421. The average molecular weight is 353 g/mol. The maximum Gasteiger partial charge on any atom is 0.226 e. The minimum Gasteiger partial charge on any atom is -0.371 e. The number of benzene rings is 1. The highest BCUT2D eigenvalue weighted by molar-refractivity contribution is 5.87. The summed E-state index contributed by atoms with van der Waals surface area (Å²) in [6.45, 7) is 2.65. The molecular formula is C19H23N5O2. The molecule has 1 aromatic carbocycles. The summed E-state index contributed by atoms with van der Waals surface area (Å²) in [7, 11) is 3.81. The average Bonchev–Trinajstić information content (AvgIpc) is 3.29. The first kappa shape index (κ1) is 16.8. The third-order valence-electron chi connectivity index (χ3n) is 5.18. The molecule has 1 aliphatic heterocycles. The first-order valence-corrected chi connectivity index (χ1v) is 8.84. The third-order valence-corrected chi connectivity index (χ3v) is 5.18. The van der Waals surface area contributed by atoms with Crippen molar-refractivity contribution in [3.63, 3.8) is 0 Å². The topological polar surface area (TPSA) is 74.0 Å². The van der Waals surface area contributed by atoms with Crippen LogP contribution in [0.1, 0.15) is 29.5 Å². The molecule has 1 N–H and O–H groups in total. The SMILES string of the molecule is Cc1c([C@H]2OCC[C@@H]2NC(=O)Cc2nn(C)c3ccccc23)cnn1C. The molecule has 3 aromatic rings. The van der Waals surface area contributed by atoms with Gasteiger partial charge in [-0.05, 0) is 19.4 Å². The van der Waals surface area contributed by atoms with Crippen molar-refractivity contribution < 1.29 is 9.53 Å². The summed E-state index contributed by atoms with van der Waals surface area (Å²) in [5, 5.41) is 13.0.